The van der Waals surface area contributed by atoms with Crippen molar-refractivity contribution < 1.29 is 9.53 Å². The van der Waals surface area contributed by atoms with Crippen LogP contribution in [0.25, 0.3) is 11.0 Å². The van der Waals surface area contributed by atoms with Gasteiger partial charge in [0.1, 0.15) is 5.82 Å². The van der Waals surface area contributed by atoms with Gasteiger partial charge in [-0.15, -0.1) is 0 Å². The van der Waals surface area contributed by atoms with E-state index >= 15 is 0 Å². The van der Waals surface area contributed by atoms with E-state index < -0.39 is 0 Å². The average molecular weight is 377 g/mol. The molecule has 4 rings (SSSR count). The van der Waals surface area contributed by atoms with Crippen molar-refractivity contribution >= 4 is 22.6 Å². The van der Waals surface area contributed by atoms with Crippen molar-refractivity contribution in [2.75, 3.05) is 24.7 Å². The summed E-state index contributed by atoms with van der Waals surface area (Å²) in [4.78, 5) is 19.6. The predicted octanol–water partition coefficient (Wildman–Crippen LogP) is 4.16. The summed E-state index contributed by atoms with van der Waals surface area (Å²) in [5, 5.41) is 0. The third-order valence-electron chi connectivity index (χ3n) is 5.49. The second-order valence-corrected chi connectivity index (χ2v) is 7.23. The van der Waals surface area contributed by atoms with Gasteiger partial charge in [0.05, 0.1) is 17.6 Å². The van der Waals surface area contributed by atoms with Crippen LogP contribution in [0.3, 0.4) is 0 Å². The molecule has 1 unspecified atom stereocenters. The fourth-order valence-electron chi connectivity index (χ4n) is 3.98. The zero-order valence-corrected chi connectivity index (χ0v) is 16.6. The summed E-state index contributed by atoms with van der Waals surface area (Å²) < 4.78 is 7.81. The second kappa shape index (κ2) is 8.15. The lowest BCUT2D eigenvalue weighted by Gasteiger charge is -2.18. The van der Waals surface area contributed by atoms with E-state index in [1.165, 1.54) is 5.56 Å². The molecule has 28 heavy (non-hydrogen) atoms. The van der Waals surface area contributed by atoms with E-state index in [9.17, 15) is 4.79 Å². The summed E-state index contributed by atoms with van der Waals surface area (Å²) in [5.74, 6) is 1.24. The van der Waals surface area contributed by atoms with E-state index in [-0.39, 0.29) is 11.8 Å². The lowest BCUT2D eigenvalue weighted by Crippen LogP contribution is -2.24. The topological polar surface area (TPSA) is 47.4 Å². The molecule has 3 aromatic rings. The van der Waals surface area contributed by atoms with Crippen LogP contribution in [0, 0.1) is 0 Å². The number of nitrogens with zero attached hydrogens (tertiary/aromatic N) is 3. The SMILES string of the molecule is CCOCCn1c(C2CC(=O)N(c3ccc(CC)cc3)C2)nc2ccccc21. The van der Waals surface area contributed by atoms with E-state index in [0.29, 0.717) is 26.2 Å². The number of anilines is 1. The fourth-order valence-corrected chi connectivity index (χ4v) is 3.98. The molecule has 2 aromatic carbocycles. The van der Waals surface area contributed by atoms with Crippen molar-refractivity contribution in [2.45, 2.75) is 39.2 Å². The molecular formula is C23H27N3O2. The number of benzene rings is 2. The number of carbonyl (C=O) groups excluding carboxylic acids is 1. The largest absolute Gasteiger partial charge is 0.380 e. The highest BCUT2D eigenvalue weighted by Crippen LogP contribution is 2.33. The number of hydrogen-bond donors (Lipinski definition) is 0. The molecule has 146 valence electrons. The highest BCUT2D eigenvalue weighted by molar-refractivity contribution is 5.96. The molecule has 5 heteroatoms. The van der Waals surface area contributed by atoms with Crippen molar-refractivity contribution in [1.29, 1.82) is 0 Å². The first kappa shape index (κ1) is 18.7. The smallest absolute Gasteiger partial charge is 0.227 e. The number of imidazole rings is 1. The molecule has 1 fully saturated rings. The molecule has 5 nitrogen and oxygen atoms in total. The Labute approximate surface area is 165 Å². The molecule has 1 aliphatic rings. The highest BCUT2D eigenvalue weighted by atomic mass is 16.5. The Morgan fingerprint density at radius 2 is 1.89 bits per heavy atom. The molecular weight excluding hydrogens is 350 g/mol. The predicted molar refractivity (Wildman–Crippen MR) is 112 cm³/mol. The van der Waals surface area contributed by atoms with Gasteiger partial charge in [0.2, 0.25) is 5.91 Å². The third kappa shape index (κ3) is 3.54. The van der Waals surface area contributed by atoms with E-state index in [2.05, 4.69) is 41.8 Å². The van der Waals surface area contributed by atoms with Crippen LogP contribution in [-0.4, -0.2) is 35.2 Å². The maximum Gasteiger partial charge on any atom is 0.227 e. The maximum absolute atomic E-state index is 12.8. The number of carbonyl (C=O) groups is 1. The monoisotopic (exact) mass is 377 g/mol. The van der Waals surface area contributed by atoms with Crippen LogP contribution >= 0.6 is 0 Å². The van der Waals surface area contributed by atoms with Crippen LogP contribution < -0.4 is 4.90 Å². The first-order chi connectivity index (χ1) is 13.7. The second-order valence-electron chi connectivity index (χ2n) is 7.23. The maximum atomic E-state index is 12.8. The van der Waals surface area contributed by atoms with Crippen molar-refractivity contribution in [2.24, 2.45) is 0 Å². The first-order valence-electron chi connectivity index (χ1n) is 10.1. The molecule has 1 amide bonds. The zero-order chi connectivity index (χ0) is 19.5. The molecule has 1 aliphatic heterocycles. The van der Waals surface area contributed by atoms with Gasteiger partial charge in [0.15, 0.2) is 0 Å². The van der Waals surface area contributed by atoms with Crippen molar-refractivity contribution in [3.63, 3.8) is 0 Å². The molecule has 0 saturated carbocycles. The summed E-state index contributed by atoms with van der Waals surface area (Å²) in [6.45, 7) is 6.91. The number of rotatable bonds is 7. The van der Waals surface area contributed by atoms with Gasteiger partial charge in [0, 0.05) is 37.7 Å². The highest BCUT2D eigenvalue weighted by Gasteiger charge is 2.34. The van der Waals surface area contributed by atoms with Crippen molar-refractivity contribution in [3.8, 4) is 0 Å². The van der Waals surface area contributed by atoms with Gasteiger partial charge >= 0.3 is 0 Å². The van der Waals surface area contributed by atoms with Gasteiger partial charge < -0.3 is 14.2 Å². The molecule has 1 saturated heterocycles. The summed E-state index contributed by atoms with van der Waals surface area (Å²) in [6, 6.07) is 16.5. The van der Waals surface area contributed by atoms with Gasteiger partial charge in [-0.05, 0) is 43.2 Å². The van der Waals surface area contributed by atoms with Crippen LogP contribution in [0.5, 0.6) is 0 Å². The van der Waals surface area contributed by atoms with E-state index in [1.54, 1.807) is 0 Å². The van der Waals surface area contributed by atoms with Crippen LogP contribution in [0.1, 0.15) is 37.6 Å². The molecule has 1 atom stereocenters. The minimum atomic E-state index is 0.0902. The number of aryl methyl sites for hydroxylation is 1. The quantitative estimate of drug-likeness (QED) is 0.581. The Morgan fingerprint density at radius 1 is 1.11 bits per heavy atom. The Hall–Kier alpha value is -2.66. The average Bonchev–Trinajstić information content (AvgIpc) is 3.29. The number of fused-ring (bicyclic) bond motifs is 1. The molecule has 0 radical (unpaired) electrons. The number of ether oxygens (including phenoxy) is 1. The normalized spacial score (nSPS) is 17.0. The van der Waals surface area contributed by atoms with Gasteiger partial charge in [0.25, 0.3) is 0 Å². The number of amides is 1. The van der Waals surface area contributed by atoms with Crippen molar-refractivity contribution in [1.82, 2.24) is 9.55 Å². The van der Waals surface area contributed by atoms with Gasteiger partial charge in [-0.25, -0.2) is 4.98 Å². The van der Waals surface area contributed by atoms with Crippen LogP contribution in [0.15, 0.2) is 48.5 Å². The minimum Gasteiger partial charge on any atom is -0.380 e. The third-order valence-corrected chi connectivity index (χ3v) is 5.49. The molecule has 0 N–H and O–H groups in total. The Morgan fingerprint density at radius 3 is 2.64 bits per heavy atom. The van der Waals surface area contributed by atoms with Gasteiger partial charge in [-0.1, -0.05) is 31.2 Å². The summed E-state index contributed by atoms with van der Waals surface area (Å²) in [5.41, 5.74) is 4.34. The first-order valence-corrected chi connectivity index (χ1v) is 10.1. The minimum absolute atomic E-state index is 0.0902. The van der Waals surface area contributed by atoms with E-state index in [0.717, 1.165) is 35.5 Å². The fraction of sp³-hybridized carbons (Fsp3) is 0.391. The number of para-hydroxylation sites is 2. The molecule has 0 spiro atoms. The van der Waals surface area contributed by atoms with Crippen LogP contribution in [-0.2, 0) is 22.5 Å². The summed E-state index contributed by atoms with van der Waals surface area (Å²) in [6.07, 6.45) is 1.49. The zero-order valence-electron chi connectivity index (χ0n) is 16.6. The Bertz CT molecular complexity index is 962. The lowest BCUT2D eigenvalue weighted by atomic mass is 10.1. The Balaban J connectivity index is 1.62. The molecule has 0 bridgehead atoms. The van der Waals surface area contributed by atoms with Crippen LogP contribution in [0.4, 0.5) is 5.69 Å². The van der Waals surface area contributed by atoms with Gasteiger partial charge in [-0.3, -0.25) is 4.79 Å². The Kier molecular flexibility index (Phi) is 5.44. The molecule has 0 aliphatic carbocycles. The van der Waals surface area contributed by atoms with Crippen LogP contribution in [0.2, 0.25) is 0 Å². The lowest BCUT2D eigenvalue weighted by molar-refractivity contribution is -0.117. The molecule has 2 heterocycles. The number of hydrogen-bond acceptors (Lipinski definition) is 3. The number of aromatic nitrogens is 2. The molecule has 1 aromatic heterocycles. The summed E-state index contributed by atoms with van der Waals surface area (Å²) in [7, 11) is 0. The van der Waals surface area contributed by atoms with Gasteiger partial charge in [-0.2, -0.15) is 0 Å². The summed E-state index contributed by atoms with van der Waals surface area (Å²) >= 11 is 0. The van der Waals surface area contributed by atoms with Crippen molar-refractivity contribution in [3.05, 3.63) is 59.9 Å². The van der Waals surface area contributed by atoms with E-state index in [4.69, 9.17) is 9.72 Å². The van der Waals surface area contributed by atoms with E-state index in [1.807, 2.05) is 30.0 Å². The standard InChI is InChI=1S/C23H27N3O2/c1-3-17-9-11-19(12-10-17)26-16-18(15-22(26)27)23-24-20-7-5-6-8-21(20)25(23)13-14-28-4-2/h5-12,18H,3-4,13-16H2,1-2H3.